The average Bonchev–Trinajstić information content (AvgIpc) is 3.43. The second-order valence-corrected chi connectivity index (χ2v) is 9.42. The van der Waals surface area contributed by atoms with Gasteiger partial charge in [-0.3, -0.25) is 0 Å². The Kier molecular flexibility index (Phi) is 5.48. The van der Waals surface area contributed by atoms with Crippen LogP contribution in [0.25, 0.3) is 0 Å². The Morgan fingerprint density at radius 3 is 2.89 bits per heavy atom. The molecule has 0 N–H and O–H groups in total. The van der Waals surface area contributed by atoms with E-state index in [9.17, 15) is 12.8 Å². The van der Waals surface area contributed by atoms with E-state index in [1.54, 1.807) is 6.92 Å². The summed E-state index contributed by atoms with van der Waals surface area (Å²) < 4.78 is 52.0. The van der Waals surface area contributed by atoms with Crippen LogP contribution in [0.2, 0.25) is 0 Å². The van der Waals surface area contributed by atoms with E-state index in [4.69, 9.17) is 9.26 Å². The Balaban J connectivity index is 1.33. The molecule has 9 heteroatoms. The quantitative estimate of drug-likeness (QED) is 0.699. The number of hydrogen-bond acceptors (Lipinski definition) is 6. The molecule has 2 aromatic rings. The van der Waals surface area contributed by atoms with Crippen molar-refractivity contribution in [2.45, 2.75) is 55.9 Å². The van der Waals surface area contributed by atoms with Gasteiger partial charge in [-0.2, -0.15) is 9.29 Å². The number of piperidine rings is 1. The van der Waals surface area contributed by atoms with Crippen molar-refractivity contribution in [3.63, 3.8) is 0 Å². The lowest BCUT2D eigenvalue weighted by molar-refractivity contribution is 0.0199. The van der Waals surface area contributed by atoms with Crippen LogP contribution in [-0.2, 0) is 21.2 Å². The summed E-state index contributed by atoms with van der Waals surface area (Å²) >= 11 is 0. The summed E-state index contributed by atoms with van der Waals surface area (Å²) in [5.74, 6) is 1.23. The van der Waals surface area contributed by atoms with Crippen molar-refractivity contribution in [1.29, 1.82) is 0 Å². The first-order chi connectivity index (χ1) is 13.4. The first kappa shape index (κ1) is 19.5. The Bertz CT molecular complexity index is 942. The number of aromatic nitrogens is 2. The van der Waals surface area contributed by atoms with E-state index >= 15 is 0 Å². The molecule has 2 heterocycles. The molecule has 1 unspecified atom stereocenters. The van der Waals surface area contributed by atoms with Crippen LogP contribution < -0.4 is 0 Å². The predicted molar refractivity (Wildman–Crippen MR) is 98.8 cm³/mol. The lowest BCUT2D eigenvalue weighted by Crippen LogP contribution is -2.43. The zero-order valence-electron chi connectivity index (χ0n) is 15.8. The molecule has 0 spiro atoms. The maximum atomic E-state index is 13.8. The van der Waals surface area contributed by atoms with Gasteiger partial charge in [0.05, 0.1) is 17.6 Å². The van der Waals surface area contributed by atoms with Crippen LogP contribution in [0, 0.1) is 12.7 Å². The highest BCUT2D eigenvalue weighted by atomic mass is 32.2. The summed E-state index contributed by atoms with van der Waals surface area (Å²) in [6, 6.07) is 4.02. The minimum absolute atomic E-state index is 0.0179. The van der Waals surface area contributed by atoms with Gasteiger partial charge in [0.25, 0.3) is 0 Å². The fraction of sp³-hybridized carbons (Fsp3) is 0.579. The average molecular weight is 409 g/mol. The monoisotopic (exact) mass is 409 g/mol. The second-order valence-electron chi connectivity index (χ2n) is 7.48. The highest BCUT2D eigenvalue weighted by Crippen LogP contribution is 2.38. The van der Waals surface area contributed by atoms with Crippen LogP contribution >= 0.6 is 0 Å². The van der Waals surface area contributed by atoms with E-state index in [2.05, 4.69) is 10.1 Å². The highest BCUT2D eigenvalue weighted by Gasteiger charge is 2.32. The molecule has 1 saturated carbocycles. The lowest BCUT2D eigenvalue weighted by Gasteiger charge is -2.31. The van der Waals surface area contributed by atoms with Crippen molar-refractivity contribution in [3.05, 3.63) is 41.3 Å². The zero-order valence-corrected chi connectivity index (χ0v) is 16.6. The molecular weight excluding hydrogens is 385 g/mol. The summed E-state index contributed by atoms with van der Waals surface area (Å²) in [5, 5.41) is 3.96. The first-order valence-corrected chi connectivity index (χ1v) is 11.1. The summed E-state index contributed by atoms with van der Waals surface area (Å²) in [6.07, 6.45) is 4.03. The lowest BCUT2D eigenvalue weighted by atomic mass is 10.1. The molecule has 28 heavy (non-hydrogen) atoms. The van der Waals surface area contributed by atoms with Gasteiger partial charge in [-0.05, 0) is 50.3 Å². The van der Waals surface area contributed by atoms with E-state index in [-0.39, 0.29) is 17.5 Å². The van der Waals surface area contributed by atoms with Gasteiger partial charge in [-0.25, -0.2) is 12.8 Å². The third-order valence-corrected chi connectivity index (χ3v) is 7.07. The molecule has 4 rings (SSSR count). The summed E-state index contributed by atoms with van der Waals surface area (Å²) in [5.41, 5.74) is 0.421. The first-order valence-electron chi connectivity index (χ1n) is 9.64. The van der Waals surface area contributed by atoms with Crippen molar-refractivity contribution in [1.82, 2.24) is 14.4 Å². The van der Waals surface area contributed by atoms with Gasteiger partial charge in [0.1, 0.15) is 5.82 Å². The smallest absolute Gasteiger partial charge is 0.243 e. The van der Waals surface area contributed by atoms with Gasteiger partial charge in [0.15, 0.2) is 5.82 Å². The molecular formula is C19H24FN3O4S. The van der Waals surface area contributed by atoms with E-state index < -0.39 is 15.8 Å². The van der Waals surface area contributed by atoms with Crippen LogP contribution in [0.1, 0.15) is 48.9 Å². The number of halogens is 1. The molecule has 7 nitrogen and oxygen atoms in total. The summed E-state index contributed by atoms with van der Waals surface area (Å²) in [7, 11) is -3.74. The van der Waals surface area contributed by atoms with Gasteiger partial charge < -0.3 is 9.26 Å². The Hall–Kier alpha value is -1.84. The van der Waals surface area contributed by atoms with Gasteiger partial charge >= 0.3 is 0 Å². The fourth-order valence-corrected chi connectivity index (χ4v) is 4.85. The third-order valence-electron chi connectivity index (χ3n) is 5.21. The molecule has 0 bridgehead atoms. The Labute approximate surface area is 163 Å². The van der Waals surface area contributed by atoms with Gasteiger partial charge in [-0.1, -0.05) is 11.2 Å². The SMILES string of the molecule is Cc1ccc(S(=O)(=O)N2CCCC(OCCc3noc(C4CC4)n3)C2)cc1F. The number of sulfonamides is 1. The van der Waals surface area contributed by atoms with E-state index in [0.717, 1.165) is 25.3 Å². The molecule has 0 radical (unpaired) electrons. The number of aryl methyl sites for hydroxylation is 1. The maximum absolute atomic E-state index is 13.8. The van der Waals surface area contributed by atoms with Crippen LogP contribution in [-0.4, -0.2) is 48.7 Å². The number of benzene rings is 1. The normalized spacial score (nSPS) is 21.1. The van der Waals surface area contributed by atoms with Crippen molar-refractivity contribution < 1.29 is 22.1 Å². The predicted octanol–water partition coefficient (Wildman–Crippen LogP) is 2.81. The Morgan fingerprint density at radius 2 is 2.14 bits per heavy atom. The summed E-state index contributed by atoms with van der Waals surface area (Å²) in [4.78, 5) is 4.35. The molecule has 0 amide bonds. The van der Waals surface area contributed by atoms with Gasteiger partial charge in [0.2, 0.25) is 15.9 Å². The molecule has 1 saturated heterocycles. The maximum Gasteiger partial charge on any atom is 0.243 e. The zero-order chi connectivity index (χ0) is 19.7. The van der Waals surface area contributed by atoms with Crippen molar-refractivity contribution in [2.24, 2.45) is 0 Å². The standard InChI is InChI=1S/C19H24FN3O4S/c1-13-4-7-16(11-17(13)20)28(24,25)23-9-2-3-15(12-23)26-10-8-18-21-19(27-22-18)14-5-6-14/h4,7,11,14-15H,2-3,5-6,8-10,12H2,1H3. The van der Waals surface area contributed by atoms with Gasteiger partial charge in [-0.15, -0.1) is 0 Å². The number of rotatable bonds is 7. The van der Waals surface area contributed by atoms with Crippen LogP contribution in [0.3, 0.4) is 0 Å². The third kappa shape index (κ3) is 4.26. The van der Waals surface area contributed by atoms with E-state index in [1.165, 1.54) is 16.4 Å². The minimum atomic E-state index is -3.74. The van der Waals surface area contributed by atoms with Gasteiger partial charge in [0, 0.05) is 25.4 Å². The molecule has 1 atom stereocenters. The number of nitrogens with zero attached hydrogens (tertiary/aromatic N) is 3. The number of hydrogen-bond donors (Lipinski definition) is 0. The van der Waals surface area contributed by atoms with Crippen molar-refractivity contribution >= 4 is 10.0 Å². The molecule has 1 aromatic heterocycles. The summed E-state index contributed by atoms with van der Waals surface area (Å²) in [6.45, 7) is 2.68. The topological polar surface area (TPSA) is 85.5 Å². The molecule has 2 fully saturated rings. The van der Waals surface area contributed by atoms with E-state index in [1.807, 2.05) is 0 Å². The highest BCUT2D eigenvalue weighted by molar-refractivity contribution is 7.89. The number of ether oxygens (including phenoxy) is 1. The van der Waals surface area contributed by atoms with Crippen LogP contribution in [0.5, 0.6) is 0 Å². The van der Waals surface area contributed by atoms with E-state index in [0.29, 0.717) is 49.2 Å². The van der Waals surface area contributed by atoms with Crippen LogP contribution in [0.15, 0.2) is 27.6 Å². The fourth-order valence-electron chi connectivity index (χ4n) is 3.32. The minimum Gasteiger partial charge on any atom is -0.376 e. The largest absolute Gasteiger partial charge is 0.376 e. The van der Waals surface area contributed by atoms with Crippen molar-refractivity contribution in [3.8, 4) is 0 Å². The van der Waals surface area contributed by atoms with Crippen molar-refractivity contribution in [2.75, 3.05) is 19.7 Å². The van der Waals surface area contributed by atoms with Crippen LogP contribution in [0.4, 0.5) is 4.39 Å². The molecule has 1 aromatic carbocycles. The molecule has 2 aliphatic rings. The second kappa shape index (κ2) is 7.88. The molecule has 152 valence electrons. The molecule has 1 aliphatic heterocycles. The Morgan fingerprint density at radius 1 is 1.32 bits per heavy atom. The molecule has 1 aliphatic carbocycles.